The van der Waals surface area contributed by atoms with Crippen molar-refractivity contribution in [2.24, 2.45) is 0 Å². The minimum atomic E-state index is -0.488. The van der Waals surface area contributed by atoms with Crippen molar-refractivity contribution in [2.45, 2.75) is 149 Å². The van der Waals surface area contributed by atoms with Crippen molar-refractivity contribution in [1.29, 1.82) is 0 Å². The third-order valence-electron chi connectivity index (χ3n) is 9.10. The molecular weight excluding hydrogens is 624 g/mol. The van der Waals surface area contributed by atoms with Crippen LogP contribution < -0.4 is 9.47 Å². The lowest BCUT2D eigenvalue weighted by atomic mass is 10.0. The zero-order valence-electron chi connectivity index (χ0n) is 30.9. The molecule has 0 aromatic heterocycles. The first-order valence-corrected chi connectivity index (χ1v) is 19.3. The van der Waals surface area contributed by atoms with Gasteiger partial charge in [-0.25, -0.2) is 9.59 Å². The molecule has 0 aliphatic rings. The molecule has 1 atom stereocenters. The molecule has 0 heterocycles. The van der Waals surface area contributed by atoms with Crippen molar-refractivity contribution in [3.8, 4) is 22.6 Å². The molecule has 3 aromatic carbocycles. The fourth-order valence-corrected chi connectivity index (χ4v) is 5.98. The van der Waals surface area contributed by atoms with Crippen LogP contribution in [0.2, 0.25) is 0 Å². The summed E-state index contributed by atoms with van der Waals surface area (Å²) < 4.78 is 16.6. The minimum absolute atomic E-state index is 0.140. The predicted molar refractivity (Wildman–Crippen MR) is 203 cm³/mol. The molecule has 0 N–H and O–H groups in total. The Labute approximate surface area is 301 Å². The number of benzene rings is 3. The van der Waals surface area contributed by atoms with E-state index in [2.05, 4.69) is 13.8 Å². The first-order chi connectivity index (χ1) is 24.4. The normalized spacial score (nSPS) is 11.6. The maximum absolute atomic E-state index is 12.8. The van der Waals surface area contributed by atoms with Crippen molar-refractivity contribution in [1.82, 2.24) is 0 Å². The van der Waals surface area contributed by atoms with E-state index in [-0.39, 0.29) is 18.0 Å². The van der Waals surface area contributed by atoms with Gasteiger partial charge in [0.05, 0.1) is 17.2 Å². The van der Waals surface area contributed by atoms with Crippen LogP contribution in [0.15, 0.2) is 72.8 Å². The monoisotopic (exact) mass is 684 g/mol. The molecule has 6 heteroatoms. The van der Waals surface area contributed by atoms with Gasteiger partial charge >= 0.3 is 17.9 Å². The van der Waals surface area contributed by atoms with E-state index in [1.165, 1.54) is 83.5 Å². The van der Waals surface area contributed by atoms with E-state index >= 15 is 0 Å². The van der Waals surface area contributed by atoms with E-state index < -0.39 is 5.97 Å². The summed E-state index contributed by atoms with van der Waals surface area (Å²) >= 11 is 0. The smallest absolute Gasteiger partial charge is 0.343 e. The standard InChI is InChI=1S/C44H60O6/c1-4-6-8-10-11-12-13-14-15-16-17-18-20-22-42(45)49-40-31-27-37(28-32-40)36-23-25-38(26-24-36)44(47)50-41-33-29-39(30-34-41)43(46)48-35(3)21-19-9-7-5-2/h23-35H,4-22H2,1-3H3. The molecule has 0 amide bonds. The van der Waals surface area contributed by atoms with Crippen LogP contribution in [0.5, 0.6) is 11.5 Å². The molecule has 0 bridgehead atoms. The fourth-order valence-electron chi connectivity index (χ4n) is 5.98. The van der Waals surface area contributed by atoms with Crippen LogP contribution in [0.25, 0.3) is 11.1 Å². The molecular formula is C44H60O6. The van der Waals surface area contributed by atoms with Gasteiger partial charge in [-0.2, -0.15) is 0 Å². The van der Waals surface area contributed by atoms with Gasteiger partial charge in [-0.05, 0) is 85.8 Å². The number of unbranched alkanes of at least 4 members (excludes halogenated alkanes) is 15. The first kappa shape index (κ1) is 40.5. The zero-order valence-corrected chi connectivity index (χ0v) is 30.9. The van der Waals surface area contributed by atoms with Crippen LogP contribution in [0.1, 0.15) is 163 Å². The second-order valence-electron chi connectivity index (χ2n) is 13.5. The fraction of sp³-hybridized carbons (Fsp3) is 0.523. The highest BCUT2D eigenvalue weighted by Gasteiger charge is 2.14. The van der Waals surface area contributed by atoms with Gasteiger partial charge in [-0.15, -0.1) is 0 Å². The summed E-state index contributed by atoms with van der Waals surface area (Å²) in [5.41, 5.74) is 2.70. The number of hydrogen-bond acceptors (Lipinski definition) is 6. The van der Waals surface area contributed by atoms with Gasteiger partial charge in [-0.3, -0.25) is 4.79 Å². The molecule has 0 spiro atoms. The average molecular weight is 685 g/mol. The summed E-state index contributed by atoms with van der Waals surface area (Å²) in [6, 6.07) is 21.0. The first-order valence-electron chi connectivity index (χ1n) is 19.3. The van der Waals surface area contributed by atoms with E-state index in [1.54, 1.807) is 48.5 Å². The van der Waals surface area contributed by atoms with Gasteiger partial charge in [0.25, 0.3) is 0 Å². The van der Waals surface area contributed by atoms with E-state index in [0.717, 1.165) is 43.2 Å². The topological polar surface area (TPSA) is 78.9 Å². The third-order valence-corrected chi connectivity index (χ3v) is 9.10. The van der Waals surface area contributed by atoms with Gasteiger partial charge in [0, 0.05) is 6.42 Å². The average Bonchev–Trinajstić information content (AvgIpc) is 3.12. The van der Waals surface area contributed by atoms with Crippen LogP contribution >= 0.6 is 0 Å². The summed E-state index contributed by atoms with van der Waals surface area (Å²) in [7, 11) is 0. The van der Waals surface area contributed by atoms with Gasteiger partial charge in [0.1, 0.15) is 11.5 Å². The van der Waals surface area contributed by atoms with Crippen LogP contribution in [-0.2, 0) is 9.53 Å². The van der Waals surface area contributed by atoms with Gasteiger partial charge in [0.15, 0.2) is 0 Å². The van der Waals surface area contributed by atoms with E-state index in [0.29, 0.717) is 29.0 Å². The van der Waals surface area contributed by atoms with Crippen LogP contribution in [0.4, 0.5) is 0 Å². The summed E-state index contributed by atoms with van der Waals surface area (Å²) in [6.07, 6.45) is 22.3. The zero-order chi connectivity index (χ0) is 35.8. The molecule has 272 valence electrons. The number of rotatable bonds is 25. The maximum Gasteiger partial charge on any atom is 0.343 e. The van der Waals surface area contributed by atoms with Crippen molar-refractivity contribution < 1.29 is 28.6 Å². The molecule has 0 saturated heterocycles. The molecule has 1 unspecified atom stereocenters. The third kappa shape index (κ3) is 16.2. The van der Waals surface area contributed by atoms with Crippen molar-refractivity contribution in [3.63, 3.8) is 0 Å². The van der Waals surface area contributed by atoms with Gasteiger partial charge < -0.3 is 14.2 Å². The van der Waals surface area contributed by atoms with Crippen molar-refractivity contribution >= 4 is 17.9 Å². The largest absolute Gasteiger partial charge is 0.459 e. The second kappa shape index (κ2) is 24.3. The lowest BCUT2D eigenvalue weighted by Gasteiger charge is -2.13. The molecule has 50 heavy (non-hydrogen) atoms. The lowest BCUT2D eigenvalue weighted by Crippen LogP contribution is -2.15. The van der Waals surface area contributed by atoms with Crippen LogP contribution in [0, 0.1) is 0 Å². The number of carbonyl (C=O) groups excluding carboxylic acids is 3. The molecule has 3 rings (SSSR count). The Hall–Kier alpha value is -3.93. The Kier molecular flexibility index (Phi) is 19.6. The Bertz CT molecular complexity index is 1380. The van der Waals surface area contributed by atoms with E-state index in [9.17, 15) is 14.4 Å². The molecule has 3 aromatic rings. The Morgan fingerprint density at radius 3 is 1.42 bits per heavy atom. The molecule has 0 aliphatic carbocycles. The highest BCUT2D eigenvalue weighted by atomic mass is 16.5. The van der Waals surface area contributed by atoms with Gasteiger partial charge in [-0.1, -0.05) is 134 Å². The lowest BCUT2D eigenvalue weighted by molar-refractivity contribution is -0.134. The molecule has 0 aliphatic heterocycles. The number of ether oxygens (including phenoxy) is 3. The summed E-state index contributed by atoms with van der Waals surface area (Å²) in [4.78, 5) is 37.6. The Balaban J connectivity index is 1.33. The van der Waals surface area contributed by atoms with E-state index in [4.69, 9.17) is 14.2 Å². The molecule has 6 nitrogen and oxygen atoms in total. The SMILES string of the molecule is CCCCCCCCCCCCCCCC(=O)Oc1ccc(-c2ccc(C(=O)Oc3ccc(C(=O)OC(C)CCCCCC)cc3)cc2)cc1. The Morgan fingerprint density at radius 1 is 0.480 bits per heavy atom. The van der Waals surface area contributed by atoms with Crippen LogP contribution in [0.3, 0.4) is 0 Å². The summed E-state index contributed by atoms with van der Waals surface area (Å²) in [6.45, 7) is 6.35. The van der Waals surface area contributed by atoms with Gasteiger partial charge in [0.2, 0.25) is 0 Å². The predicted octanol–water partition coefficient (Wildman–Crippen LogP) is 12.5. The van der Waals surface area contributed by atoms with E-state index in [1.807, 2.05) is 31.2 Å². The Morgan fingerprint density at radius 2 is 0.880 bits per heavy atom. The highest BCUT2D eigenvalue weighted by molar-refractivity contribution is 5.92. The molecule has 0 fully saturated rings. The maximum atomic E-state index is 12.8. The summed E-state index contributed by atoms with van der Waals surface area (Å²) in [5.74, 6) is -0.177. The van der Waals surface area contributed by atoms with Crippen molar-refractivity contribution in [3.05, 3.63) is 83.9 Å². The molecule has 0 saturated carbocycles. The van der Waals surface area contributed by atoms with Crippen molar-refractivity contribution in [2.75, 3.05) is 0 Å². The second-order valence-corrected chi connectivity index (χ2v) is 13.5. The minimum Gasteiger partial charge on any atom is -0.459 e. The quantitative estimate of drug-likeness (QED) is 0.0502. The van der Waals surface area contributed by atoms with Crippen LogP contribution in [-0.4, -0.2) is 24.0 Å². The number of esters is 3. The molecule has 0 radical (unpaired) electrons. The number of hydrogen-bond donors (Lipinski definition) is 0. The number of carbonyl (C=O) groups is 3. The highest BCUT2D eigenvalue weighted by Crippen LogP contribution is 2.24. The summed E-state index contributed by atoms with van der Waals surface area (Å²) in [5, 5.41) is 0.